The topological polar surface area (TPSA) is 102 Å². The van der Waals surface area contributed by atoms with E-state index in [1.54, 1.807) is 0 Å². The molecule has 0 amide bonds. The Kier molecular flexibility index (Phi) is 1.76. The molecule has 0 aliphatic carbocycles. The summed E-state index contributed by atoms with van der Waals surface area (Å²) in [4.78, 5) is 12.9. The van der Waals surface area contributed by atoms with Crippen LogP contribution in [0.15, 0.2) is 54.5 Å². The van der Waals surface area contributed by atoms with Crippen molar-refractivity contribution in [2.75, 3.05) is 5.73 Å². The Balaban J connectivity index is 2.03. The Hall–Kier alpha value is -3.67. The van der Waals surface area contributed by atoms with E-state index < -0.39 is 53.3 Å². The van der Waals surface area contributed by atoms with Gasteiger partial charge in [0.05, 0.1) is 13.8 Å². The first-order valence-electron chi connectivity index (χ1n) is 10.5. The molecule has 6 heteroatoms. The van der Waals surface area contributed by atoms with Gasteiger partial charge in [-0.05, 0) is 42.4 Å². The molecule has 3 aromatic carbocycles. The molecule has 0 saturated carbocycles. The molecule has 1 spiro atoms. The number of rotatable bonds is 0. The fourth-order valence-corrected chi connectivity index (χ4v) is 3.29. The van der Waals surface area contributed by atoms with Crippen LogP contribution < -0.4 is 10.5 Å². The summed E-state index contributed by atoms with van der Waals surface area (Å²) < 4.78 is 60.4. The minimum atomic E-state index is -2.06. The maximum absolute atomic E-state index is 12.9. The van der Waals surface area contributed by atoms with Gasteiger partial charge in [0, 0.05) is 34.5 Å². The fourth-order valence-electron chi connectivity index (χ4n) is 3.29. The Bertz CT molecular complexity index is 1340. The monoisotopic (exact) mass is 353 g/mol. The molecule has 2 aliphatic heterocycles. The third-order valence-electron chi connectivity index (χ3n) is 4.34. The summed E-state index contributed by atoms with van der Waals surface area (Å²) in [6.07, 6.45) is 0. The molecule has 26 heavy (non-hydrogen) atoms. The summed E-state index contributed by atoms with van der Waals surface area (Å²) in [5.41, 5.74) is 3.10. The van der Waals surface area contributed by atoms with Crippen molar-refractivity contribution < 1.29 is 32.7 Å². The number of ether oxygens (including phenoxy) is 2. The second kappa shape index (κ2) is 4.70. The zero-order valence-electron chi connectivity index (χ0n) is 18.9. The average Bonchev–Trinajstić information content (AvgIpc) is 3.03. The molecule has 6 nitrogen and oxygen atoms in total. The summed E-state index contributed by atoms with van der Waals surface area (Å²) in [6.45, 7) is 0. The van der Waals surface area contributed by atoms with Gasteiger partial charge in [-0.15, -0.1) is 0 Å². The van der Waals surface area contributed by atoms with E-state index in [-0.39, 0.29) is 45.5 Å². The molecule has 3 aromatic rings. The molecule has 0 aromatic heterocycles. The number of anilines is 1. The number of hydrogen-bond acceptors (Lipinski definition) is 6. The lowest BCUT2D eigenvalue weighted by Gasteiger charge is -2.36. The number of aromatic hydroxyl groups is 2. The molecule has 2 heterocycles. The lowest BCUT2D eigenvalue weighted by molar-refractivity contribution is 0.0224. The number of benzene rings is 3. The van der Waals surface area contributed by atoms with Crippen LogP contribution in [0.3, 0.4) is 0 Å². The Morgan fingerprint density at radius 3 is 2.15 bits per heavy atom. The molecular weight excluding hydrogens is 334 g/mol. The quantitative estimate of drug-likeness (QED) is 0.423. The highest BCUT2D eigenvalue weighted by atomic mass is 16.6. The predicted molar refractivity (Wildman–Crippen MR) is 92.4 cm³/mol. The molecule has 128 valence electrons. The normalized spacial score (nSPS) is 18.8. The van der Waals surface area contributed by atoms with Crippen molar-refractivity contribution in [3.63, 3.8) is 0 Å². The molecule has 0 saturated heterocycles. The van der Waals surface area contributed by atoms with Crippen LogP contribution in [0.25, 0.3) is 0 Å². The molecule has 0 fully saturated rings. The lowest BCUT2D eigenvalue weighted by Crippen LogP contribution is -2.33. The Morgan fingerprint density at radius 1 is 0.923 bits per heavy atom. The van der Waals surface area contributed by atoms with Gasteiger partial charge in [-0.25, -0.2) is 4.79 Å². The van der Waals surface area contributed by atoms with Gasteiger partial charge in [0.2, 0.25) is 0 Å². The van der Waals surface area contributed by atoms with Crippen LogP contribution in [-0.2, 0) is 10.3 Å². The van der Waals surface area contributed by atoms with Crippen molar-refractivity contribution in [3.8, 4) is 23.0 Å². The van der Waals surface area contributed by atoms with E-state index in [1.807, 2.05) is 0 Å². The van der Waals surface area contributed by atoms with Crippen LogP contribution >= 0.6 is 0 Å². The smallest absolute Gasteiger partial charge is 0.340 e. The van der Waals surface area contributed by atoms with Crippen molar-refractivity contribution in [1.29, 1.82) is 0 Å². The lowest BCUT2D eigenvalue weighted by atomic mass is 9.77. The van der Waals surface area contributed by atoms with E-state index in [9.17, 15) is 15.0 Å². The van der Waals surface area contributed by atoms with Crippen LogP contribution in [0.4, 0.5) is 5.69 Å². The van der Waals surface area contributed by atoms with Gasteiger partial charge in [-0.3, -0.25) is 0 Å². The first-order valence-corrected chi connectivity index (χ1v) is 7.49. The van der Waals surface area contributed by atoms with Crippen LogP contribution in [0.1, 0.15) is 35.3 Å². The SMILES string of the molecule is [2H]c1cc2c(c([2H])c1N)C1(OC2=O)c2cc([2H])c(O)c([2H])c2Oc2c1cc([2H])c(O)c2[2H]. The molecule has 0 bridgehead atoms. The highest BCUT2D eigenvalue weighted by Crippen LogP contribution is 2.57. The van der Waals surface area contributed by atoms with Crippen molar-refractivity contribution >= 4 is 11.7 Å². The number of phenolic OH excluding ortho intramolecular Hbond substituents is 2. The third kappa shape index (κ3) is 1.73. The maximum Gasteiger partial charge on any atom is 0.340 e. The number of hydrogen-bond donors (Lipinski definition) is 3. The van der Waals surface area contributed by atoms with Crippen LogP contribution in [-0.4, -0.2) is 16.2 Å². The van der Waals surface area contributed by atoms with Gasteiger partial charge in [0.15, 0.2) is 5.60 Å². The van der Waals surface area contributed by atoms with Gasteiger partial charge in [0.25, 0.3) is 0 Å². The number of nitrogen functional groups attached to an aromatic ring is 1. The van der Waals surface area contributed by atoms with Crippen LogP contribution in [0.2, 0.25) is 0 Å². The zero-order valence-corrected chi connectivity index (χ0v) is 12.9. The number of carbonyl (C=O) groups is 1. The number of carbonyl (C=O) groups excluding carboxylic acids is 1. The molecule has 0 radical (unpaired) electrons. The van der Waals surface area contributed by atoms with E-state index >= 15 is 0 Å². The first-order chi connectivity index (χ1) is 15.0. The minimum absolute atomic E-state index is 0.0972. The van der Waals surface area contributed by atoms with Crippen LogP contribution in [0, 0.1) is 0 Å². The number of esters is 1. The van der Waals surface area contributed by atoms with Gasteiger partial charge < -0.3 is 25.4 Å². The number of nitrogens with two attached hydrogens (primary N) is 1. The van der Waals surface area contributed by atoms with Gasteiger partial charge in [0.1, 0.15) is 23.0 Å². The molecule has 4 N–H and O–H groups in total. The summed E-state index contributed by atoms with van der Waals surface area (Å²) in [5.74, 6) is -3.10. The summed E-state index contributed by atoms with van der Waals surface area (Å²) in [5, 5.41) is 20.2. The predicted octanol–water partition coefficient (Wildman–Crippen LogP) is 3.25. The largest absolute Gasteiger partial charge is 0.508 e. The average molecular weight is 353 g/mol. The standard InChI is InChI=1S/C20H13NO5/c21-10-1-4-13-16(7-10)20(26-19(13)24)14-5-2-11(22)8-17(14)25-18-9-12(23)3-6-15(18)20/h1-9,22-23H,21H2/i1D,2D,3D,7D,8D,9D. The highest BCUT2D eigenvalue weighted by Gasteiger charge is 2.53. The van der Waals surface area contributed by atoms with E-state index in [2.05, 4.69) is 0 Å². The van der Waals surface area contributed by atoms with Crippen molar-refractivity contribution in [2.45, 2.75) is 5.60 Å². The van der Waals surface area contributed by atoms with Crippen molar-refractivity contribution in [2.24, 2.45) is 0 Å². The highest BCUT2D eigenvalue weighted by molar-refractivity contribution is 5.97. The van der Waals surface area contributed by atoms with Crippen molar-refractivity contribution in [3.05, 3.63) is 76.7 Å². The summed E-state index contributed by atoms with van der Waals surface area (Å²) >= 11 is 0. The van der Waals surface area contributed by atoms with E-state index in [0.717, 1.165) is 18.2 Å². The first kappa shape index (κ1) is 9.72. The van der Waals surface area contributed by atoms with Crippen LogP contribution in [0.5, 0.6) is 23.0 Å². The third-order valence-corrected chi connectivity index (χ3v) is 4.34. The molecule has 0 atom stereocenters. The molecular formula is C20H13NO5. The molecule has 0 unspecified atom stereocenters. The maximum atomic E-state index is 12.9. The van der Waals surface area contributed by atoms with Gasteiger partial charge in [-0.2, -0.15) is 0 Å². The van der Waals surface area contributed by atoms with E-state index in [4.69, 9.17) is 23.4 Å². The van der Waals surface area contributed by atoms with E-state index in [0.29, 0.717) is 0 Å². The van der Waals surface area contributed by atoms with E-state index in [1.165, 1.54) is 0 Å². The molecule has 5 rings (SSSR count). The second-order valence-electron chi connectivity index (χ2n) is 5.80. The summed E-state index contributed by atoms with van der Waals surface area (Å²) in [7, 11) is 0. The number of phenols is 2. The Labute approximate surface area is 156 Å². The van der Waals surface area contributed by atoms with Gasteiger partial charge in [-0.1, -0.05) is 0 Å². The number of fused-ring (bicyclic) bond motifs is 6. The van der Waals surface area contributed by atoms with Gasteiger partial charge >= 0.3 is 5.97 Å². The van der Waals surface area contributed by atoms with Crippen molar-refractivity contribution in [1.82, 2.24) is 0 Å². The summed E-state index contributed by atoms with van der Waals surface area (Å²) in [6, 6.07) is 0.374. The fraction of sp³-hybridized carbons (Fsp3) is 0.0500. The minimum Gasteiger partial charge on any atom is -0.508 e. The molecule has 2 aliphatic rings. The zero-order chi connectivity index (χ0) is 23.3. The second-order valence-corrected chi connectivity index (χ2v) is 5.80. The Morgan fingerprint density at radius 2 is 1.54 bits per heavy atom.